The van der Waals surface area contributed by atoms with Gasteiger partial charge < -0.3 is 14.7 Å². The minimum absolute atomic E-state index is 0.0174. The van der Waals surface area contributed by atoms with Crippen molar-refractivity contribution >= 4 is 11.9 Å². The Bertz CT molecular complexity index is 744. The van der Waals surface area contributed by atoms with Crippen molar-refractivity contribution in [3.63, 3.8) is 0 Å². The van der Waals surface area contributed by atoms with Crippen LogP contribution >= 0.6 is 0 Å². The highest BCUT2D eigenvalue weighted by molar-refractivity contribution is 5.87. The van der Waals surface area contributed by atoms with Crippen molar-refractivity contribution in [2.45, 2.75) is 18.9 Å². The third-order valence-corrected chi connectivity index (χ3v) is 4.46. The topological polar surface area (TPSA) is 84.7 Å². The second-order valence-electron chi connectivity index (χ2n) is 6.08. The number of carboxylic acid groups (broad SMARTS) is 1. The molecular formula is C18H21N3O4. The average molecular weight is 343 g/mol. The predicted molar refractivity (Wildman–Crippen MR) is 90.3 cm³/mol. The second-order valence-corrected chi connectivity index (χ2v) is 6.08. The van der Waals surface area contributed by atoms with E-state index in [0.29, 0.717) is 19.6 Å². The maximum atomic E-state index is 12.3. The summed E-state index contributed by atoms with van der Waals surface area (Å²) in [5.41, 5.74) is 1.62. The SMILES string of the molecule is COCCCN1C(=O)C[C@H](C(=O)O)[C@H]1c1cnn(-c2ccccc2)c1. The van der Waals surface area contributed by atoms with E-state index in [2.05, 4.69) is 5.10 Å². The summed E-state index contributed by atoms with van der Waals surface area (Å²) in [6, 6.07) is 9.07. The smallest absolute Gasteiger partial charge is 0.309 e. The van der Waals surface area contributed by atoms with Gasteiger partial charge in [0.15, 0.2) is 0 Å². The monoisotopic (exact) mass is 343 g/mol. The Hall–Kier alpha value is -2.67. The lowest BCUT2D eigenvalue weighted by molar-refractivity contribution is -0.142. The van der Waals surface area contributed by atoms with Crippen LogP contribution in [0.3, 0.4) is 0 Å². The summed E-state index contributed by atoms with van der Waals surface area (Å²) in [6.45, 7) is 0.995. The standard InChI is InChI=1S/C18H21N3O4/c1-25-9-5-8-20-16(22)10-15(18(23)24)17(20)13-11-19-21(12-13)14-6-3-2-4-7-14/h2-4,6-7,11-12,15,17H,5,8-10H2,1H3,(H,23,24)/t15-,17+/m0/s1. The van der Waals surface area contributed by atoms with Gasteiger partial charge in [0, 0.05) is 38.4 Å². The molecule has 7 heteroatoms. The molecule has 1 aromatic heterocycles. The first-order chi connectivity index (χ1) is 12.1. The molecule has 0 bridgehead atoms. The van der Waals surface area contributed by atoms with Gasteiger partial charge in [-0.05, 0) is 18.6 Å². The number of likely N-dealkylation sites (tertiary alicyclic amines) is 1. The third kappa shape index (κ3) is 3.56. The third-order valence-electron chi connectivity index (χ3n) is 4.46. The van der Waals surface area contributed by atoms with Gasteiger partial charge in [-0.2, -0.15) is 5.10 Å². The fraction of sp³-hybridized carbons (Fsp3) is 0.389. The van der Waals surface area contributed by atoms with Crippen LogP contribution in [0.5, 0.6) is 0 Å². The number of hydrogen-bond acceptors (Lipinski definition) is 4. The lowest BCUT2D eigenvalue weighted by Crippen LogP contribution is -2.31. The number of amides is 1. The van der Waals surface area contributed by atoms with Crippen LogP contribution in [-0.2, 0) is 14.3 Å². The first-order valence-corrected chi connectivity index (χ1v) is 8.23. The van der Waals surface area contributed by atoms with E-state index in [4.69, 9.17) is 4.74 Å². The first-order valence-electron chi connectivity index (χ1n) is 8.23. The van der Waals surface area contributed by atoms with Crippen molar-refractivity contribution < 1.29 is 19.4 Å². The Morgan fingerprint density at radius 3 is 2.80 bits per heavy atom. The first kappa shape index (κ1) is 17.2. The molecule has 0 unspecified atom stereocenters. The number of carbonyl (C=O) groups is 2. The summed E-state index contributed by atoms with van der Waals surface area (Å²) in [5, 5.41) is 13.9. The predicted octanol–water partition coefficient (Wildman–Crippen LogP) is 1.88. The number of ether oxygens (including phenoxy) is 1. The van der Waals surface area contributed by atoms with Crippen molar-refractivity contribution in [2.75, 3.05) is 20.3 Å². The van der Waals surface area contributed by atoms with Gasteiger partial charge in [-0.1, -0.05) is 18.2 Å². The van der Waals surface area contributed by atoms with Crippen molar-refractivity contribution in [1.29, 1.82) is 0 Å². The average Bonchev–Trinajstić information content (AvgIpc) is 3.21. The summed E-state index contributed by atoms with van der Waals surface area (Å²) < 4.78 is 6.74. The summed E-state index contributed by atoms with van der Waals surface area (Å²) in [5.74, 6) is -1.86. The van der Waals surface area contributed by atoms with Crippen molar-refractivity contribution in [3.05, 3.63) is 48.3 Å². The molecule has 1 amide bonds. The Kier molecular flexibility index (Phi) is 5.14. The maximum Gasteiger partial charge on any atom is 0.309 e. The number of aliphatic carboxylic acids is 1. The van der Waals surface area contributed by atoms with Gasteiger partial charge in [0.25, 0.3) is 0 Å². The van der Waals surface area contributed by atoms with Crippen molar-refractivity contribution in [1.82, 2.24) is 14.7 Å². The Labute approximate surface area is 145 Å². The van der Waals surface area contributed by atoms with Gasteiger partial charge in [-0.15, -0.1) is 0 Å². The molecule has 2 heterocycles. The molecule has 1 saturated heterocycles. The Morgan fingerprint density at radius 1 is 1.36 bits per heavy atom. The molecule has 3 rings (SSSR count). The van der Waals surface area contributed by atoms with Gasteiger partial charge in [0.1, 0.15) is 0 Å². The summed E-state index contributed by atoms with van der Waals surface area (Å²) in [6.07, 6.45) is 4.13. The van der Waals surface area contributed by atoms with Crippen LogP contribution in [0.1, 0.15) is 24.4 Å². The Morgan fingerprint density at radius 2 is 2.12 bits per heavy atom. The molecule has 0 aliphatic carbocycles. The van der Waals surface area contributed by atoms with E-state index in [1.165, 1.54) is 0 Å². The molecule has 1 aliphatic heterocycles. The molecule has 132 valence electrons. The van der Waals surface area contributed by atoms with Gasteiger partial charge in [-0.3, -0.25) is 9.59 Å². The molecular weight excluding hydrogens is 322 g/mol. The minimum atomic E-state index is -0.958. The molecule has 7 nitrogen and oxygen atoms in total. The number of nitrogens with zero attached hydrogens (tertiary/aromatic N) is 3. The highest BCUT2D eigenvalue weighted by Crippen LogP contribution is 2.38. The molecule has 2 aromatic rings. The highest BCUT2D eigenvalue weighted by Gasteiger charge is 2.44. The van der Waals surface area contributed by atoms with E-state index >= 15 is 0 Å². The number of carbonyl (C=O) groups excluding carboxylic acids is 1. The number of methoxy groups -OCH3 is 1. The van der Waals surface area contributed by atoms with Crippen LogP contribution in [-0.4, -0.2) is 51.9 Å². The van der Waals surface area contributed by atoms with Crippen LogP contribution in [0.15, 0.2) is 42.7 Å². The molecule has 1 aliphatic rings. The van der Waals surface area contributed by atoms with Crippen LogP contribution in [0.25, 0.3) is 5.69 Å². The molecule has 25 heavy (non-hydrogen) atoms. The quantitative estimate of drug-likeness (QED) is 0.776. The van der Waals surface area contributed by atoms with Gasteiger partial charge in [-0.25, -0.2) is 4.68 Å². The Balaban J connectivity index is 1.88. The van der Waals surface area contributed by atoms with Crippen molar-refractivity contribution in [2.24, 2.45) is 5.92 Å². The molecule has 1 N–H and O–H groups in total. The molecule has 2 atom stereocenters. The lowest BCUT2D eigenvalue weighted by atomic mass is 9.96. The number of carboxylic acids is 1. The minimum Gasteiger partial charge on any atom is -0.481 e. The van der Waals surface area contributed by atoms with Crippen LogP contribution in [0, 0.1) is 5.92 Å². The number of rotatable bonds is 7. The normalized spacial score (nSPS) is 20.2. The van der Waals surface area contributed by atoms with E-state index < -0.39 is 17.9 Å². The molecule has 0 spiro atoms. The summed E-state index contributed by atoms with van der Waals surface area (Å²) >= 11 is 0. The summed E-state index contributed by atoms with van der Waals surface area (Å²) in [7, 11) is 1.60. The zero-order valence-electron chi connectivity index (χ0n) is 14.0. The maximum absolute atomic E-state index is 12.3. The zero-order chi connectivity index (χ0) is 17.8. The van der Waals surface area contributed by atoms with Crippen molar-refractivity contribution in [3.8, 4) is 5.69 Å². The van der Waals surface area contributed by atoms with E-state index in [9.17, 15) is 14.7 Å². The second kappa shape index (κ2) is 7.48. The van der Waals surface area contributed by atoms with E-state index in [0.717, 1.165) is 11.3 Å². The van der Waals surface area contributed by atoms with Crippen LogP contribution in [0.4, 0.5) is 0 Å². The summed E-state index contributed by atoms with van der Waals surface area (Å²) in [4.78, 5) is 25.6. The van der Waals surface area contributed by atoms with Gasteiger partial charge >= 0.3 is 5.97 Å². The number of hydrogen-bond donors (Lipinski definition) is 1. The van der Waals surface area contributed by atoms with Gasteiger partial charge in [0.05, 0.1) is 23.8 Å². The highest BCUT2D eigenvalue weighted by atomic mass is 16.5. The van der Waals surface area contributed by atoms with E-state index in [1.807, 2.05) is 30.3 Å². The zero-order valence-corrected chi connectivity index (χ0v) is 14.0. The van der Waals surface area contributed by atoms with Crippen LogP contribution in [0.2, 0.25) is 0 Å². The van der Waals surface area contributed by atoms with Crippen LogP contribution < -0.4 is 0 Å². The fourth-order valence-electron chi connectivity index (χ4n) is 3.28. The fourth-order valence-corrected chi connectivity index (χ4v) is 3.28. The molecule has 1 aromatic carbocycles. The largest absolute Gasteiger partial charge is 0.481 e. The lowest BCUT2D eigenvalue weighted by Gasteiger charge is -2.26. The number of aromatic nitrogens is 2. The van der Waals surface area contributed by atoms with Gasteiger partial charge in [0.2, 0.25) is 5.91 Å². The number of benzene rings is 1. The molecule has 0 saturated carbocycles. The number of para-hydroxylation sites is 1. The van der Waals surface area contributed by atoms with E-state index in [1.54, 1.807) is 29.1 Å². The molecule has 0 radical (unpaired) electrons. The van der Waals surface area contributed by atoms with E-state index in [-0.39, 0.29) is 12.3 Å². The molecule has 1 fully saturated rings.